The molecular formula is C29H26N2O5S. The van der Waals surface area contributed by atoms with Gasteiger partial charge in [-0.1, -0.05) is 48.5 Å². The molecule has 2 aliphatic heterocycles. The molecule has 3 aromatic carbocycles. The number of hydrogen-bond acceptors (Lipinski definition) is 6. The summed E-state index contributed by atoms with van der Waals surface area (Å²) in [6, 6.07) is 23.7. The number of para-hydroxylation sites is 2. The second-order valence-corrected chi connectivity index (χ2v) is 9.73. The number of ether oxygens (including phenoxy) is 2. The third-order valence-electron chi connectivity index (χ3n) is 6.08. The van der Waals surface area contributed by atoms with E-state index in [0.29, 0.717) is 22.4 Å². The fourth-order valence-electron chi connectivity index (χ4n) is 4.13. The first-order chi connectivity index (χ1) is 18.1. The van der Waals surface area contributed by atoms with Gasteiger partial charge in [-0.25, -0.2) is 9.79 Å². The largest absolute Gasteiger partial charge is 0.488 e. The predicted octanol–water partition coefficient (Wildman–Crippen LogP) is 5.75. The average Bonchev–Trinajstić information content (AvgIpc) is 3.53. The van der Waals surface area contributed by atoms with Crippen LogP contribution in [-0.2, 0) is 16.1 Å². The Bertz CT molecular complexity index is 1330. The lowest BCUT2D eigenvalue weighted by molar-refractivity contribution is -0.123. The summed E-state index contributed by atoms with van der Waals surface area (Å²) in [4.78, 5) is 31.6. The minimum absolute atomic E-state index is 0.00742. The van der Waals surface area contributed by atoms with Crippen molar-refractivity contribution in [2.75, 3.05) is 13.2 Å². The van der Waals surface area contributed by atoms with Gasteiger partial charge in [0.1, 0.15) is 12.4 Å². The molecule has 0 saturated carbocycles. The molecule has 0 unspecified atom stereocenters. The summed E-state index contributed by atoms with van der Waals surface area (Å²) >= 11 is 1.35. The van der Waals surface area contributed by atoms with E-state index in [4.69, 9.17) is 19.6 Å². The second kappa shape index (κ2) is 11.5. The van der Waals surface area contributed by atoms with Crippen molar-refractivity contribution >= 4 is 40.6 Å². The molecule has 2 heterocycles. The van der Waals surface area contributed by atoms with Crippen molar-refractivity contribution < 1.29 is 24.2 Å². The highest BCUT2D eigenvalue weighted by molar-refractivity contribution is 8.18. The smallest absolute Gasteiger partial charge is 0.335 e. The van der Waals surface area contributed by atoms with Crippen LogP contribution in [0.3, 0.4) is 0 Å². The van der Waals surface area contributed by atoms with Gasteiger partial charge in [0.2, 0.25) is 0 Å². The molecule has 188 valence electrons. The minimum Gasteiger partial charge on any atom is -0.488 e. The number of nitrogens with zero attached hydrogens (tertiary/aromatic N) is 2. The summed E-state index contributed by atoms with van der Waals surface area (Å²) in [6.07, 6.45) is 3.77. The standard InChI is InChI=1S/C29H26N2O5S/c32-27-26(37-29(30-23-8-2-1-3-9-23)31(27)18-24-10-6-16-35-24)17-22-7-4-5-11-25(22)36-19-20-12-14-21(15-13-20)28(33)34/h1-5,7-9,11-15,17,24H,6,10,16,18-19H2,(H,33,34)/b26-17-,30-29?/t24-/m1/s1. The summed E-state index contributed by atoms with van der Waals surface area (Å²) in [7, 11) is 0. The van der Waals surface area contributed by atoms with Gasteiger partial charge in [0, 0.05) is 12.2 Å². The van der Waals surface area contributed by atoms with Crippen molar-refractivity contribution in [2.45, 2.75) is 25.6 Å². The van der Waals surface area contributed by atoms with Gasteiger partial charge in [-0.15, -0.1) is 0 Å². The fraction of sp³-hybridized carbons (Fsp3) is 0.207. The molecule has 0 radical (unpaired) electrons. The van der Waals surface area contributed by atoms with Crippen LogP contribution < -0.4 is 4.74 Å². The zero-order valence-electron chi connectivity index (χ0n) is 20.1. The number of carboxylic acid groups (broad SMARTS) is 1. The van der Waals surface area contributed by atoms with Crippen LogP contribution >= 0.6 is 11.8 Å². The van der Waals surface area contributed by atoms with Crippen molar-refractivity contribution in [2.24, 2.45) is 4.99 Å². The average molecular weight is 515 g/mol. The van der Waals surface area contributed by atoms with E-state index in [-0.39, 0.29) is 24.2 Å². The van der Waals surface area contributed by atoms with Gasteiger partial charge in [0.05, 0.1) is 28.8 Å². The summed E-state index contributed by atoms with van der Waals surface area (Å²) in [5, 5.41) is 9.72. The first-order valence-corrected chi connectivity index (χ1v) is 12.9. The molecule has 1 amide bonds. The Labute approximate surface area is 219 Å². The summed E-state index contributed by atoms with van der Waals surface area (Å²) < 4.78 is 11.8. The third kappa shape index (κ3) is 6.10. The fourth-order valence-corrected chi connectivity index (χ4v) is 5.13. The van der Waals surface area contributed by atoms with Crippen LogP contribution in [0.4, 0.5) is 5.69 Å². The summed E-state index contributed by atoms with van der Waals surface area (Å²) in [5.41, 5.74) is 2.64. The van der Waals surface area contributed by atoms with E-state index in [1.165, 1.54) is 11.8 Å². The summed E-state index contributed by atoms with van der Waals surface area (Å²) in [6.45, 7) is 1.46. The Kier molecular flexibility index (Phi) is 7.67. The van der Waals surface area contributed by atoms with Gasteiger partial charge in [-0.05, 0) is 66.6 Å². The minimum atomic E-state index is -0.966. The monoisotopic (exact) mass is 514 g/mol. The molecule has 1 atom stereocenters. The molecule has 7 nitrogen and oxygen atoms in total. The lowest BCUT2D eigenvalue weighted by Crippen LogP contribution is -2.36. The van der Waals surface area contributed by atoms with Gasteiger partial charge in [-0.2, -0.15) is 0 Å². The normalized spacial score (nSPS) is 19.6. The number of carboxylic acids is 1. The number of benzene rings is 3. The number of carbonyl (C=O) groups excluding carboxylic acids is 1. The van der Waals surface area contributed by atoms with Gasteiger partial charge in [-0.3, -0.25) is 9.69 Å². The molecule has 2 fully saturated rings. The molecule has 3 aromatic rings. The van der Waals surface area contributed by atoms with E-state index < -0.39 is 5.97 Å². The van der Waals surface area contributed by atoms with Crippen LogP contribution in [0.25, 0.3) is 6.08 Å². The van der Waals surface area contributed by atoms with Crippen molar-refractivity contribution in [1.82, 2.24) is 4.90 Å². The van der Waals surface area contributed by atoms with E-state index in [2.05, 4.69) is 0 Å². The number of carbonyl (C=O) groups is 2. The highest BCUT2D eigenvalue weighted by atomic mass is 32.2. The quantitative estimate of drug-likeness (QED) is 0.385. The number of hydrogen-bond donors (Lipinski definition) is 1. The SMILES string of the molecule is O=C(O)c1ccc(COc2ccccc2/C=C2\SC(=Nc3ccccc3)N(C[C@H]3CCCO3)C2=O)cc1. The molecule has 37 heavy (non-hydrogen) atoms. The zero-order valence-corrected chi connectivity index (χ0v) is 20.9. The third-order valence-corrected chi connectivity index (χ3v) is 7.09. The molecule has 2 saturated heterocycles. The number of aromatic carboxylic acids is 1. The Morgan fingerprint density at radius 2 is 1.84 bits per heavy atom. The van der Waals surface area contributed by atoms with E-state index in [1.54, 1.807) is 29.2 Å². The molecule has 1 N–H and O–H groups in total. The first-order valence-electron chi connectivity index (χ1n) is 12.1. The molecule has 2 aliphatic rings. The van der Waals surface area contributed by atoms with Gasteiger partial charge in [0.25, 0.3) is 5.91 Å². The first kappa shape index (κ1) is 24.8. The maximum atomic E-state index is 13.5. The topological polar surface area (TPSA) is 88.4 Å². The second-order valence-electron chi connectivity index (χ2n) is 8.72. The molecule has 0 aromatic heterocycles. The van der Waals surface area contributed by atoms with E-state index in [1.807, 2.05) is 60.7 Å². The number of amides is 1. The van der Waals surface area contributed by atoms with Crippen LogP contribution in [0.2, 0.25) is 0 Å². The molecule has 0 bridgehead atoms. The highest BCUT2D eigenvalue weighted by Gasteiger charge is 2.36. The predicted molar refractivity (Wildman–Crippen MR) is 144 cm³/mol. The van der Waals surface area contributed by atoms with Crippen molar-refractivity contribution in [3.05, 3.63) is 100 Å². The molecule has 5 rings (SSSR count). The van der Waals surface area contributed by atoms with Crippen LogP contribution in [0.15, 0.2) is 88.8 Å². The highest BCUT2D eigenvalue weighted by Crippen LogP contribution is 2.36. The molecule has 0 spiro atoms. The van der Waals surface area contributed by atoms with E-state index in [9.17, 15) is 9.59 Å². The number of thioether (sulfide) groups is 1. The van der Waals surface area contributed by atoms with E-state index in [0.717, 1.165) is 36.3 Å². The maximum Gasteiger partial charge on any atom is 0.335 e. The number of aliphatic imine (C=N–C) groups is 1. The zero-order chi connectivity index (χ0) is 25.6. The Morgan fingerprint density at radius 1 is 1.08 bits per heavy atom. The summed E-state index contributed by atoms with van der Waals surface area (Å²) in [5.74, 6) is -0.439. The lowest BCUT2D eigenvalue weighted by Gasteiger charge is -2.19. The van der Waals surface area contributed by atoms with Crippen molar-refractivity contribution in [3.63, 3.8) is 0 Å². The van der Waals surface area contributed by atoms with Gasteiger partial charge in [0.15, 0.2) is 5.17 Å². The van der Waals surface area contributed by atoms with Crippen LogP contribution in [-0.4, -0.2) is 46.3 Å². The van der Waals surface area contributed by atoms with E-state index >= 15 is 0 Å². The Hall–Kier alpha value is -3.88. The lowest BCUT2D eigenvalue weighted by atomic mass is 10.1. The van der Waals surface area contributed by atoms with Crippen molar-refractivity contribution in [3.8, 4) is 5.75 Å². The number of amidine groups is 1. The van der Waals surface area contributed by atoms with Crippen LogP contribution in [0, 0.1) is 0 Å². The van der Waals surface area contributed by atoms with Gasteiger partial charge >= 0.3 is 5.97 Å². The molecule has 0 aliphatic carbocycles. The maximum absolute atomic E-state index is 13.5. The van der Waals surface area contributed by atoms with Crippen LogP contribution in [0.1, 0.15) is 34.3 Å². The Morgan fingerprint density at radius 3 is 2.57 bits per heavy atom. The molecular weight excluding hydrogens is 488 g/mol. The van der Waals surface area contributed by atoms with Gasteiger partial charge < -0.3 is 14.6 Å². The van der Waals surface area contributed by atoms with Crippen LogP contribution in [0.5, 0.6) is 5.75 Å². The Balaban J connectivity index is 1.38. The van der Waals surface area contributed by atoms with Crippen molar-refractivity contribution in [1.29, 1.82) is 0 Å². The number of rotatable bonds is 8. The molecule has 8 heteroatoms.